The van der Waals surface area contributed by atoms with E-state index in [-0.39, 0.29) is 51.4 Å². The first-order valence-corrected chi connectivity index (χ1v) is 13.6. The molecule has 18 heteroatoms. The molecule has 1 fully saturated rings. The number of nitrogens with one attached hydrogen (secondary N) is 2. The van der Waals surface area contributed by atoms with Crippen LogP contribution in [0, 0.1) is 5.82 Å². The lowest BCUT2D eigenvalue weighted by Crippen LogP contribution is -2.43. The van der Waals surface area contributed by atoms with Crippen molar-refractivity contribution in [3.8, 4) is 5.75 Å². The second-order valence-electron chi connectivity index (χ2n) is 10.3. The summed E-state index contributed by atoms with van der Waals surface area (Å²) in [4.78, 5) is 38.5. The first kappa shape index (κ1) is 33.4. The monoisotopic (exact) mass is 647 g/mol. The topological polar surface area (TPSA) is 123 Å². The summed E-state index contributed by atoms with van der Waals surface area (Å²) in [5.74, 6) is -5.89. The van der Waals surface area contributed by atoms with E-state index in [4.69, 9.17) is 0 Å². The van der Waals surface area contributed by atoms with Crippen molar-refractivity contribution in [2.45, 2.75) is 57.4 Å². The highest BCUT2D eigenvalue weighted by Gasteiger charge is 2.34. The van der Waals surface area contributed by atoms with Gasteiger partial charge in [-0.05, 0) is 30.2 Å². The predicted octanol–water partition coefficient (Wildman–Crippen LogP) is 3.51. The Morgan fingerprint density at radius 1 is 1.13 bits per heavy atom. The van der Waals surface area contributed by atoms with Crippen molar-refractivity contribution >= 4 is 17.5 Å². The molecule has 2 N–H and O–H groups in total. The van der Waals surface area contributed by atoms with Crippen LogP contribution in [0.25, 0.3) is 0 Å². The Morgan fingerprint density at radius 3 is 2.58 bits per heavy atom. The molecule has 11 nitrogen and oxygen atoms in total. The van der Waals surface area contributed by atoms with Gasteiger partial charge in [-0.15, -0.1) is 18.3 Å². The number of carbonyl (C=O) groups excluding carboxylic acids is 2. The van der Waals surface area contributed by atoms with E-state index in [1.165, 1.54) is 23.2 Å². The number of hydrogen-bond acceptors (Lipinski definition) is 7. The molecule has 3 heterocycles. The van der Waals surface area contributed by atoms with Crippen LogP contribution < -0.4 is 20.9 Å². The molecule has 1 unspecified atom stereocenters. The van der Waals surface area contributed by atoms with Crippen molar-refractivity contribution < 1.29 is 45.1 Å². The number of piperidine rings is 1. The van der Waals surface area contributed by atoms with Crippen LogP contribution in [-0.2, 0) is 24.4 Å². The van der Waals surface area contributed by atoms with Crippen LogP contribution in [0.4, 0.5) is 36.4 Å². The number of anilines is 1. The summed E-state index contributed by atoms with van der Waals surface area (Å²) in [5.41, 5.74) is -1.36. The van der Waals surface area contributed by atoms with Crippen LogP contribution in [0.15, 0.2) is 47.5 Å². The number of alkyl halides is 6. The Morgan fingerprint density at radius 2 is 1.87 bits per heavy atom. The normalized spacial score (nSPS) is 15.8. The van der Waals surface area contributed by atoms with Crippen molar-refractivity contribution in [3.05, 3.63) is 70.2 Å². The van der Waals surface area contributed by atoms with Gasteiger partial charge in [0.15, 0.2) is 5.69 Å². The van der Waals surface area contributed by atoms with E-state index in [1.54, 1.807) is 0 Å². The third kappa shape index (κ3) is 10.0. The third-order valence-corrected chi connectivity index (χ3v) is 6.76. The molecule has 4 rings (SSSR count). The molecule has 0 radical (unpaired) electrons. The zero-order valence-corrected chi connectivity index (χ0v) is 23.5. The molecule has 0 spiro atoms. The number of rotatable bonds is 12. The molecule has 1 atom stereocenters. The highest BCUT2D eigenvalue weighted by atomic mass is 19.4. The summed E-state index contributed by atoms with van der Waals surface area (Å²) in [7, 11) is 0. The third-order valence-electron chi connectivity index (χ3n) is 6.76. The molecule has 0 aliphatic carbocycles. The van der Waals surface area contributed by atoms with E-state index in [2.05, 4.69) is 25.7 Å². The van der Waals surface area contributed by atoms with Gasteiger partial charge in [0.05, 0.1) is 25.0 Å². The number of carbonyl (C=O) groups is 2. The Bertz CT molecular complexity index is 1550. The summed E-state index contributed by atoms with van der Waals surface area (Å²) in [5, 5.41) is 12.0. The molecule has 244 valence electrons. The number of aryl methyl sites for hydroxylation is 1. The fourth-order valence-electron chi connectivity index (χ4n) is 4.44. The average Bonchev–Trinajstić information content (AvgIpc) is 3.43. The van der Waals surface area contributed by atoms with E-state index in [0.717, 1.165) is 33.6 Å². The van der Waals surface area contributed by atoms with Gasteiger partial charge in [0.1, 0.15) is 11.9 Å². The number of benzene rings is 1. The minimum atomic E-state index is -4.87. The standard InChI is InChI=1S/C27H28F7N7O4/c28-18(14-41-15-21(37-38-41)24(43)35-13-17-2-1-3-19(12-17)45-27(32,33)34)4-8-40-9-5-20(23(29)25(40)44)36-22(42)16-39-10-6-26(30,31)7-11-39/h1-3,5,9,12,15,18H,4,6-8,10-11,13-14,16H2,(H,35,43)(H,36,42). The summed E-state index contributed by atoms with van der Waals surface area (Å²) in [6.45, 7) is -0.986. The Balaban J connectivity index is 1.23. The zero-order valence-electron chi connectivity index (χ0n) is 23.5. The second kappa shape index (κ2) is 14.1. The molecule has 2 amide bonds. The molecule has 1 saturated heterocycles. The molecule has 0 bridgehead atoms. The molecule has 45 heavy (non-hydrogen) atoms. The Labute approximate surface area is 250 Å². The van der Waals surface area contributed by atoms with Crippen LogP contribution in [0.3, 0.4) is 0 Å². The van der Waals surface area contributed by atoms with Gasteiger partial charge in [0, 0.05) is 45.2 Å². The lowest BCUT2D eigenvalue weighted by atomic mass is 10.1. The summed E-state index contributed by atoms with van der Waals surface area (Å²) in [6.07, 6.45) is -5.15. The van der Waals surface area contributed by atoms with Crippen LogP contribution in [0.1, 0.15) is 35.3 Å². The maximum atomic E-state index is 14.7. The van der Waals surface area contributed by atoms with Crippen molar-refractivity contribution in [3.63, 3.8) is 0 Å². The number of aromatic nitrogens is 4. The molecular formula is C27H28F7N7O4. The quantitative estimate of drug-likeness (QED) is 0.289. The van der Waals surface area contributed by atoms with Gasteiger partial charge < -0.3 is 19.9 Å². The predicted molar refractivity (Wildman–Crippen MR) is 144 cm³/mol. The van der Waals surface area contributed by atoms with Crippen molar-refractivity contribution in [1.29, 1.82) is 0 Å². The zero-order chi connectivity index (χ0) is 32.8. The minimum absolute atomic E-state index is 0.000126. The van der Waals surface area contributed by atoms with E-state index < -0.39 is 65.9 Å². The Hall–Kier alpha value is -4.48. The van der Waals surface area contributed by atoms with E-state index in [9.17, 15) is 45.1 Å². The van der Waals surface area contributed by atoms with Crippen molar-refractivity contribution in [2.24, 2.45) is 0 Å². The molecular weight excluding hydrogens is 619 g/mol. The molecule has 1 aromatic carbocycles. The SMILES string of the molecule is O=C(CN1CCC(F)(F)CC1)Nc1ccn(CCC(F)Cn2cc(C(=O)NCc3cccc(OC(F)(F)F)c3)nn2)c(=O)c1F. The van der Waals surface area contributed by atoms with Crippen molar-refractivity contribution in [2.75, 3.05) is 25.0 Å². The number of ether oxygens (including phenoxy) is 1. The fraction of sp³-hybridized carbons (Fsp3) is 0.444. The summed E-state index contributed by atoms with van der Waals surface area (Å²) >= 11 is 0. The first-order chi connectivity index (χ1) is 21.2. The number of likely N-dealkylation sites (tertiary alicyclic amines) is 1. The largest absolute Gasteiger partial charge is 0.573 e. The molecule has 0 saturated carbocycles. The Kier molecular flexibility index (Phi) is 10.5. The lowest BCUT2D eigenvalue weighted by molar-refractivity contribution is -0.274. The number of hydrogen-bond donors (Lipinski definition) is 2. The highest BCUT2D eigenvalue weighted by Crippen LogP contribution is 2.27. The summed E-state index contributed by atoms with van der Waals surface area (Å²) < 4.78 is 98.9. The van der Waals surface area contributed by atoms with Crippen LogP contribution in [0.2, 0.25) is 0 Å². The smallest absolute Gasteiger partial charge is 0.406 e. The van der Waals surface area contributed by atoms with Crippen molar-refractivity contribution in [1.82, 2.24) is 29.8 Å². The van der Waals surface area contributed by atoms with Crippen LogP contribution in [-0.4, -0.2) is 74.4 Å². The van der Waals surface area contributed by atoms with Crippen LogP contribution in [0.5, 0.6) is 5.75 Å². The number of pyridine rings is 1. The van der Waals surface area contributed by atoms with Crippen LogP contribution >= 0.6 is 0 Å². The second-order valence-corrected chi connectivity index (χ2v) is 10.3. The van der Waals surface area contributed by atoms with Gasteiger partial charge in [0.25, 0.3) is 17.4 Å². The van der Waals surface area contributed by atoms with Gasteiger partial charge in [-0.2, -0.15) is 4.39 Å². The molecule has 2 aromatic heterocycles. The minimum Gasteiger partial charge on any atom is -0.406 e. The number of halogens is 7. The van der Waals surface area contributed by atoms with Gasteiger partial charge in [0.2, 0.25) is 11.7 Å². The van der Waals surface area contributed by atoms with Gasteiger partial charge in [-0.3, -0.25) is 19.3 Å². The maximum Gasteiger partial charge on any atom is 0.573 e. The van der Waals surface area contributed by atoms with E-state index in [0.29, 0.717) is 5.56 Å². The average molecular weight is 648 g/mol. The molecule has 1 aliphatic heterocycles. The van der Waals surface area contributed by atoms with E-state index >= 15 is 0 Å². The lowest BCUT2D eigenvalue weighted by Gasteiger charge is -2.31. The van der Waals surface area contributed by atoms with Gasteiger partial charge >= 0.3 is 6.36 Å². The van der Waals surface area contributed by atoms with Gasteiger partial charge in [-0.1, -0.05) is 17.3 Å². The highest BCUT2D eigenvalue weighted by molar-refractivity contribution is 5.92. The molecule has 1 aliphatic rings. The molecule has 3 aromatic rings. The summed E-state index contributed by atoms with van der Waals surface area (Å²) in [6, 6.07) is 6.13. The first-order valence-electron chi connectivity index (χ1n) is 13.6. The fourth-order valence-corrected chi connectivity index (χ4v) is 4.44. The number of amides is 2. The van der Waals surface area contributed by atoms with E-state index in [1.807, 2.05) is 0 Å². The maximum absolute atomic E-state index is 14.7. The van der Waals surface area contributed by atoms with Gasteiger partial charge in [-0.25, -0.2) is 17.9 Å². The number of nitrogens with zero attached hydrogens (tertiary/aromatic N) is 5.